The molecule has 0 aromatic heterocycles. The van der Waals surface area contributed by atoms with Gasteiger partial charge < -0.3 is 15.3 Å². The van der Waals surface area contributed by atoms with E-state index in [2.05, 4.69) is 10.5 Å². The molecule has 0 aliphatic carbocycles. The fourth-order valence-corrected chi connectivity index (χ4v) is 2.20. The SMILES string of the molecule is COc1c(Cl)cc(-c2ccccc2)cc1NC(=O)/C=N/O. The maximum atomic E-state index is 11.5. The van der Waals surface area contributed by atoms with Crippen molar-refractivity contribution < 1.29 is 14.7 Å². The molecule has 2 N–H and O–H groups in total. The standard InChI is InChI=1S/C15H13ClN2O3/c1-21-15-12(16)7-11(10-5-3-2-4-6-10)8-13(15)18-14(19)9-17-20/h2-9,20H,1H3,(H,18,19)/b17-9+. The molecule has 108 valence electrons. The number of benzene rings is 2. The van der Waals surface area contributed by atoms with Gasteiger partial charge in [-0.3, -0.25) is 4.79 Å². The average Bonchev–Trinajstić information content (AvgIpc) is 2.48. The number of carbonyl (C=O) groups is 1. The van der Waals surface area contributed by atoms with Crippen molar-refractivity contribution in [1.29, 1.82) is 0 Å². The zero-order valence-electron chi connectivity index (χ0n) is 11.2. The highest BCUT2D eigenvalue weighted by Gasteiger charge is 2.13. The second kappa shape index (κ2) is 6.76. The molecule has 0 saturated carbocycles. The lowest BCUT2D eigenvalue weighted by molar-refractivity contribution is -0.110. The molecule has 2 rings (SSSR count). The first-order chi connectivity index (χ1) is 10.2. The molecule has 6 heteroatoms. The Morgan fingerprint density at radius 3 is 2.62 bits per heavy atom. The molecule has 0 spiro atoms. The van der Waals surface area contributed by atoms with Crippen LogP contribution in [0.1, 0.15) is 0 Å². The summed E-state index contributed by atoms with van der Waals surface area (Å²) in [4.78, 5) is 11.5. The monoisotopic (exact) mass is 304 g/mol. The summed E-state index contributed by atoms with van der Waals surface area (Å²) < 4.78 is 5.19. The number of methoxy groups -OCH3 is 1. The van der Waals surface area contributed by atoms with Gasteiger partial charge in [-0.05, 0) is 23.3 Å². The number of hydrogen-bond acceptors (Lipinski definition) is 4. The van der Waals surface area contributed by atoms with Gasteiger partial charge in [0.05, 0.1) is 17.8 Å². The third-order valence-corrected chi connectivity index (χ3v) is 3.07. The fraction of sp³-hybridized carbons (Fsp3) is 0.0667. The van der Waals surface area contributed by atoms with Crippen LogP contribution in [0.5, 0.6) is 5.75 Å². The van der Waals surface area contributed by atoms with Crippen molar-refractivity contribution in [2.75, 3.05) is 12.4 Å². The fourth-order valence-electron chi connectivity index (χ4n) is 1.91. The Morgan fingerprint density at radius 1 is 1.29 bits per heavy atom. The molecule has 1 amide bonds. The van der Waals surface area contributed by atoms with Crippen LogP contribution in [0.2, 0.25) is 5.02 Å². The van der Waals surface area contributed by atoms with Crippen molar-refractivity contribution in [3.63, 3.8) is 0 Å². The molecule has 5 nitrogen and oxygen atoms in total. The zero-order valence-corrected chi connectivity index (χ0v) is 12.0. The maximum Gasteiger partial charge on any atom is 0.270 e. The highest BCUT2D eigenvalue weighted by molar-refractivity contribution is 6.34. The summed E-state index contributed by atoms with van der Waals surface area (Å²) >= 11 is 6.19. The molecule has 0 atom stereocenters. The van der Waals surface area contributed by atoms with E-state index < -0.39 is 5.91 Å². The Morgan fingerprint density at radius 2 is 2.00 bits per heavy atom. The van der Waals surface area contributed by atoms with Crippen LogP contribution >= 0.6 is 11.6 Å². The summed E-state index contributed by atoms with van der Waals surface area (Å²) in [5.74, 6) is -0.242. The number of hydrogen-bond donors (Lipinski definition) is 2. The van der Waals surface area contributed by atoms with E-state index in [9.17, 15) is 4.79 Å². The van der Waals surface area contributed by atoms with Crippen molar-refractivity contribution in [2.45, 2.75) is 0 Å². The predicted molar refractivity (Wildman–Crippen MR) is 82.3 cm³/mol. The molecule has 0 fully saturated rings. The van der Waals surface area contributed by atoms with E-state index in [4.69, 9.17) is 21.5 Å². The number of ether oxygens (including phenoxy) is 1. The van der Waals surface area contributed by atoms with E-state index in [1.807, 2.05) is 30.3 Å². The molecule has 0 aliphatic heterocycles. The number of nitrogens with zero attached hydrogens (tertiary/aromatic N) is 1. The summed E-state index contributed by atoms with van der Waals surface area (Å²) in [5.41, 5.74) is 2.18. The second-order valence-electron chi connectivity index (χ2n) is 4.14. The van der Waals surface area contributed by atoms with E-state index in [0.717, 1.165) is 17.3 Å². The molecule has 0 unspecified atom stereocenters. The summed E-state index contributed by atoms with van der Waals surface area (Å²) in [6.07, 6.45) is 0.753. The lowest BCUT2D eigenvalue weighted by atomic mass is 10.0. The molecule has 0 heterocycles. The van der Waals surface area contributed by atoms with Gasteiger partial charge in [0.25, 0.3) is 5.91 Å². The van der Waals surface area contributed by atoms with Gasteiger partial charge in [0, 0.05) is 0 Å². The van der Waals surface area contributed by atoms with Crippen LogP contribution in [0.4, 0.5) is 5.69 Å². The van der Waals surface area contributed by atoms with Gasteiger partial charge in [0.2, 0.25) is 0 Å². The quantitative estimate of drug-likeness (QED) is 0.516. The summed E-state index contributed by atoms with van der Waals surface area (Å²) in [5, 5.41) is 14.0. The molecule has 0 bridgehead atoms. The van der Waals surface area contributed by atoms with E-state index in [-0.39, 0.29) is 0 Å². The Bertz CT molecular complexity index is 672. The number of oxime groups is 1. The van der Waals surface area contributed by atoms with E-state index >= 15 is 0 Å². The minimum Gasteiger partial charge on any atom is -0.493 e. The topological polar surface area (TPSA) is 70.9 Å². The minimum atomic E-state index is -0.586. The molecule has 0 radical (unpaired) electrons. The molecular formula is C15H13ClN2O3. The maximum absolute atomic E-state index is 11.5. The highest BCUT2D eigenvalue weighted by atomic mass is 35.5. The van der Waals surface area contributed by atoms with E-state index in [1.54, 1.807) is 12.1 Å². The van der Waals surface area contributed by atoms with Gasteiger partial charge in [0.1, 0.15) is 6.21 Å². The van der Waals surface area contributed by atoms with Crippen LogP contribution in [0, 0.1) is 0 Å². The molecule has 21 heavy (non-hydrogen) atoms. The predicted octanol–water partition coefficient (Wildman–Crippen LogP) is 3.41. The second-order valence-corrected chi connectivity index (χ2v) is 4.55. The first-order valence-corrected chi connectivity index (χ1v) is 6.45. The normalized spacial score (nSPS) is 10.6. The smallest absolute Gasteiger partial charge is 0.270 e. The summed E-state index contributed by atoms with van der Waals surface area (Å²) in [7, 11) is 1.46. The van der Waals surface area contributed by atoms with Crippen molar-refractivity contribution in [1.82, 2.24) is 0 Å². The molecule has 0 aliphatic rings. The van der Waals surface area contributed by atoms with Crippen LogP contribution in [0.25, 0.3) is 11.1 Å². The Kier molecular flexibility index (Phi) is 4.79. The van der Waals surface area contributed by atoms with E-state index in [1.165, 1.54) is 7.11 Å². The average molecular weight is 305 g/mol. The summed E-state index contributed by atoms with van der Waals surface area (Å²) in [6, 6.07) is 13.1. The van der Waals surface area contributed by atoms with Gasteiger partial charge in [0.15, 0.2) is 5.75 Å². The van der Waals surface area contributed by atoms with Gasteiger partial charge >= 0.3 is 0 Å². The first kappa shape index (κ1) is 14.9. The Balaban J connectivity index is 2.47. The Labute approximate surface area is 126 Å². The van der Waals surface area contributed by atoms with Crippen LogP contribution in [0.15, 0.2) is 47.6 Å². The number of anilines is 1. The van der Waals surface area contributed by atoms with Crippen LogP contribution in [-0.4, -0.2) is 24.4 Å². The van der Waals surface area contributed by atoms with Gasteiger partial charge in [-0.25, -0.2) is 0 Å². The van der Waals surface area contributed by atoms with Crippen LogP contribution < -0.4 is 10.1 Å². The van der Waals surface area contributed by atoms with E-state index in [0.29, 0.717) is 16.5 Å². The van der Waals surface area contributed by atoms with Crippen LogP contribution in [-0.2, 0) is 4.79 Å². The zero-order chi connectivity index (χ0) is 15.2. The van der Waals surface area contributed by atoms with Gasteiger partial charge in [-0.15, -0.1) is 0 Å². The van der Waals surface area contributed by atoms with Crippen molar-refractivity contribution >= 4 is 29.4 Å². The number of rotatable bonds is 4. The number of nitrogens with one attached hydrogen (secondary N) is 1. The molecule has 0 saturated heterocycles. The third kappa shape index (κ3) is 3.52. The number of halogens is 1. The number of amides is 1. The lowest BCUT2D eigenvalue weighted by Gasteiger charge is -2.13. The minimum absolute atomic E-state index is 0.344. The van der Waals surface area contributed by atoms with Crippen molar-refractivity contribution in [2.24, 2.45) is 5.16 Å². The summed E-state index contributed by atoms with van der Waals surface area (Å²) in [6.45, 7) is 0. The van der Waals surface area contributed by atoms with Gasteiger partial charge in [-0.2, -0.15) is 0 Å². The number of carbonyl (C=O) groups excluding carboxylic acids is 1. The van der Waals surface area contributed by atoms with Gasteiger partial charge in [-0.1, -0.05) is 47.1 Å². The third-order valence-electron chi connectivity index (χ3n) is 2.79. The molecule has 2 aromatic rings. The van der Waals surface area contributed by atoms with Crippen LogP contribution in [0.3, 0.4) is 0 Å². The lowest BCUT2D eigenvalue weighted by Crippen LogP contribution is -2.13. The Hall–Kier alpha value is -2.53. The molecular weight excluding hydrogens is 292 g/mol. The van der Waals surface area contributed by atoms with Crippen molar-refractivity contribution in [3.05, 3.63) is 47.5 Å². The largest absolute Gasteiger partial charge is 0.493 e. The highest BCUT2D eigenvalue weighted by Crippen LogP contribution is 2.37. The van der Waals surface area contributed by atoms with Crippen molar-refractivity contribution in [3.8, 4) is 16.9 Å². The molecule has 2 aromatic carbocycles. The first-order valence-electron chi connectivity index (χ1n) is 6.07.